The van der Waals surface area contributed by atoms with Crippen LogP contribution in [0.25, 0.3) is 5.57 Å². The number of hydrogen-bond donors (Lipinski definition) is 0. The van der Waals surface area contributed by atoms with Crippen LogP contribution in [0.1, 0.15) is 44.3 Å². The molecule has 0 N–H and O–H groups in total. The number of thiazole rings is 1. The van der Waals surface area contributed by atoms with Crippen molar-refractivity contribution < 1.29 is 0 Å². The van der Waals surface area contributed by atoms with Gasteiger partial charge in [0.2, 0.25) is 0 Å². The van der Waals surface area contributed by atoms with E-state index in [-0.39, 0.29) is 0 Å². The monoisotopic (exact) mass is 397 g/mol. The van der Waals surface area contributed by atoms with E-state index in [1.54, 1.807) is 11.3 Å². The molecule has 152 valence electrons. The minimum absolute atomic E-state index is 0.962. The number of aromatic nitrogens is 1. The topological polar surface area (TPSA) is 19.4 Å². The second-order valence-corrected chi connectivity index (χ2v) is 7.67. The van der Waals surface area contributed by atoms with Crippen molar-refractivity contribution in [3.63, 3.8) is 0 Å². The number of allylic oxidation sites excluding steroid dienone is 7. The van der Waals surface area contributed by atoms with Gasteiger partial charge in [0.25, 0.3) is 0 Å². The molecule has 0 bridgehead atoms. The van der Waals surface area contributed by atoms with Gasteiger partial charge in [-0.25, -0.2) is 4.98 Å². The highest BCUT2D eigenvalue weighted by molar-refractivity contribution is 7.10. The van der Waals surface area contributed by atoms with Crippen molar-refractivity contribution >= 4 is 16.9 Å². The average Bonchev–Trinajstić information content (AvgIpc) is 3.23. The van der Waals surface area contributed by atoms with Crippen LogP contribution in [0.4, 0.5) is 0 Å². The molecule has 2 heterocycles. The first-order valence-corrected chi connectivity index (χ1v) is 11.4. The third-order valence-electron chi connectivity index (χ3n) is 4.82. The molecule has 0 atom stereocenters. The average molecular weight is 398 g/mol. The van der Waals surface area contributed by atoms with Gasteiger partial charge in [-0.2, -0.15) is 0 Å². The molecule has 1 aliphatic carbocycles. The van der Waals surface area contributed by atoms with Crippen molar-refractivity contribution in [3.05, 3.63) is 70.8 Å². The predicted octanol–water partition coefficient (Wildman–Crippen LogP) is 5.71. The van der Waals surface area contributed by atoms with Crippen LogP contribution >= 0.6 is 11.3 Å². The summed E-state index contributed by atoms with van der Waals surface area (Å²) in [7, 11) is 0. The smallest absolute Gasteiger partial charge is 0.123 e. The first-order chi connectivity index (χ1) is 13.8. The summed E-state index contributed by atoms with van der Waals surface area (Å²) in [6.07, 6.45) is 17.3. The van der Waals surface area contributed by atoms with Gasteiger partial charge >= 0.3 is 0 Å². The third kappa shape index (κ3) is 7.01. The maximum Gasteiger partial charge on any atom is 0.123 e. The van der Waals surface area contributed by atoms with Gasteiger partial charge in [0.1, 0.15) is 5.01 Å². The summed E-state index contributed by atoms with van der Waals surface area (Å²) in [5.41, 5.74) is 3.79. The fourth-order valence-electron chi connectivity index (χ4n) is 3.28. The lowest BCUT2D eigenvalue weighted by atomic mass is 10.1. The number of nitrogens with zero attached hydrogens (tertiary/aromatic N) is 3. The molecule has 0 radical (unpaired) electrons. The summed E-state index contributed by atoms with van der Waals surface area (Å²) in [4.78, 5) is 9.89. The number of hydrogen-bond acceptors (Lipinski definition) is 4. The Balaban J connectivity index is 0.00000136. The van der Waals surface area contributed by atoms with Crippen LogP contribution in [-0.2, 0) is 6.54 Å². The highest BCUT2D eigenvalue weighted by Gasteiger charge is 2.18. The van der Waals surface area contributed by atoms with Gasteiger partial charge in [0.05, 0.1) is 5.69 Å². The molecule has 1 aliphatic heterocycles. The molecular formula is C24H35N3S. The van der Waals surface area contributed by atoms with E-state index in [1.165, 1.54) is 21.8 Å². The molecule has 4 heteroatoms. The maximum absolute atomic E-state index is 4.86. The minimum atomic E-state index is 0.962. The van der Waals surface area contributed by atoms with Gasteiger partial charge in [-0.1, -0.05) is 63.0 Å². The van der Waals surface area contributed by atoms with E-state index in [4.69, 9.17) is 4.98 Å². The summed E-state index contributed by atoms with van der Waals surface area (Å²) in [6.45, 7) is 16.3. The van der Waals surface area contributed by atoms with Gasteiger partial charge in [0.15, 0.2) is 0 Å². The zero-order valence-corrected chi connectivity index (χ0v) is 18.5. The summed E-state index contributed by atoms with van der Waals surface area (Å²) in [5.74, 6) is 0. The van der Waals surface area contributed by atoms with E-state index in [0.29, 0.717) is 0 Å². The van der Waals surface area contributed by atoms with Crippen LogP contribution in [0, 0.1) is 0 Å². The molecule has 1 aromatic rings. The molecule has 0 spiro atoms. The zero-order valence-electron chi connectivity index (χ0n) is 17.7. The first-order valence-electron chi connectivity index (χ1n) is 10.5. The van der Waals surface area contributed by atoms with Crippen molar-refractivity contribution in [1.82, 2.24) is 14.8 Å². The Hall–Kier alpha value is -1.75. The van der Waals surface area contributed by atoms with E-state index < -0.39 is 0 Å². The molecule has 1 fully saturated rings. The summed E-state index contributed by atoms with van der Waals surface area (Å²) in [6, 6.07) is 0. The second kappa shape index (κ2) is 12.7. The van der Waals surface area contributed by atoms with Gasteiger partial charge in [0, 0.05) is 50.2 Å². The molecule has 0 amide bonds. The Bertz CT molecular complexity index is 716. The molecular weight excluding hydrogens is 362 g/mol. The Kier molecular flexibility index (Phi) is 10.2. The Morgan fingerprint density at radius 1 is 1.18 bits per heavy atom. The molecule has 28 heavy (non-hydrogen) atoms. The van der Waals surface area contributed by atoms with Crippen molar-refractivity contribution in [3.8, 4) is 0 Å². The first kappa shape index (κ1) is 22.5. The molecule has 1 saturated heterocycles. The van der Waals surface area contributed by atoms with Crippen molar-refractivity contribution in [2.75, 3.05) is 32.7 Å². The van der Waals surface area contributed by atoms with E-state index in [2.05, 4.69) is 58.2 Å². The van der Waals surface area contributed by atoms with E-state index >= 15 is 0 Å². The predicted molar refractivity (Wildman–Crippen MR) is 125 cm³/mol. The van der Waals surface area contributed by atoms with Gasteiger partial charge in [-0.05, 0) is 25.3 Å². The highest BCUT2D eigenvalue weighted by atomic mass is 32.1. The van der Waals surface area contributed by atoms with Crippen molar-refractivity contribution in [1.29, 1.82) is 0 Å². The SMILES string of the molecule is C=C/C(=C\C=C/C)CN1CCN(Cc2csc(C3=CCCC=C3)n2)CC1.CC. The van der Waals surface area contributed by atoms with Crippen molar-refractivity contribution in [2.24, 2.45) is 0 Å². The van der Waals surface area contributed by atoms with Gasteiger partial charge in [-0.3, -0.25) is 9.80 Å². The highest BCUT2D eigenvalue weighted by Crippen LogP contribution is 2.25. The second-order valence-electron chi connectivity index (χ2n) is 6.81. The molecule has 3 rings (SSSR count). The normalized spacial score (nSPS) is 18.7. The number of rotatable bonds is 7. The van der Waals surface area contributed by atoms with Gasteiger partial charge in [-0.15, -0.1) is 11.3 Å². The summed E-state index contributed by atoms with van der Waals surface area (Å²) in [5, 5.41) is 3.39. The maximum atomic E-state index is 4.86. The van der Waals surface area contributed by atoms with Crippen LogP contribution < -0.4 is 0 Å². The summed E-state index contributed by atoms with van der Waals surface area (Å²) >= 11 is 1.77. The van der Waals surface area contributed by atoms with Crippen LogP contribution in [-0.4, -0.2) is 47.5 Å². The van der Waals surface area contributed by atoms with Crippen molar-refractivity contribution in [2.45, 2.75) is 40.2 Å². The molecule has 1 aromatic heterocycles. The standard InChI is InChI=1S/C22H29N3S.C2H6/c1-3-5-9-19(4-2)16-24-12-14-25(15-13-24)17-21-18-26-22(23-21)20-10-7-6-8-11-20;1-2/h3-5,7,9-11,18H,2,6,8,12-17H2,1H3;1-2H3/b5-3-,19-9+;. The fraction of sp³-hybridized carbons (Fsp3) is 0.458. The Morgan fingerprint density at radius 2 is 1.93 bits per heavy atom. The lowest BCUT2D eigenvalue weighted by molar-refractivity contribution is 0.134. The summed E-state index contributed by atoms with van der Waals surface area (Å²) < 4.78 is 0. The van der Waals surface area contributed by atoms with E-state index in [0.717, 1.165) is 52.1 Å². The number of piperazine rings is 1. The zero-order chi connectivity index (χ0) is 20.2. The molecule has 2 aliphatic rings. The van der Waals surface area contributed by atoms with Crippen LogP contribution in [0.5, 0.6) is 0 Å². The largest absolute Gasteiger partial charge is 0.297 e. The van der Waals surface area contributed by atoms with E-state index in [9.17, 15) is 0 Å². The van der Waals surface area contributed by atoms with Crippen LogP contribution in [0.3, 0.4) is 0 Å². The third-order valence-corrected chi connectivity index (χ3v) is 5.76. The Morgan fingerprint density at radius 3 is 2.57 bits per heavy atom. The van der Waals surface area contributed by atoms with E-state index in [1.807, 2.05) is 26.8 Å². The minimum Gasteiger partial charge on any atom is -0.297 e. The lowest BCUT2D eigenvalue weighted by Gasteiger charge is -2.34. The fourth-order valence-corrected chi connectivity index (χ4v) is 4.11. The molecule has 3 nitrogen and oxygen atoms in total. The molecule has 0 aromatic carbocycles. The van der Waals surface area contributed by atoms with Crippen LogP contribution in [0.2, 0.25) is 0 Å². The van der Waals surface area contributed by atoms with Gasteiger partial charge < -0.3 is 0 Å². The molecule has 0 saturated carbocycles. The quantitative estimate of drug-likeness (QED) is 0.549. The Labute approximate surface area is 175 Å². The molecule has 0 unspecified atom stereocenters. The van der Waals surface area contributed by atoms with Crippen LogP contribution in [0.15, 0.2) is 60.1 Å². The lowest BCUT2D eigenvalue weighted by Crippen LogP contribution is -2.46.